The molecule has 1 N–H and O–H groups in total. The Hall–Kier alpha value is -2.55. The summed E-state index contributed by atoms with van der Waals surface area (Å²) in [5.74, 6) is -0.00324. The molecule has 0 saturated heterocycles. The third kappa shape index (κ3) is 2.55. The van der Waals surface area contributed by atoms with E-state index in [0.717, 1.165) is 27.7 Å². The molecule has 3 nitrogen and oxygen atoms in total. The number of carbonyl (C=O) groups is 1. The number of rotatable bonds is 2. The molecule has 0 bridgehead atoms. The number of hydrogen-bond donors (Lipinski definition) is 1. The molecule has 0 spiro atoms. The molecule has 2 aromatic carbocycles. The summed E-state index contributed by atoms with van der Waals surface area (Å²) in [6, 6.07) is 13.9. The highest BCUT2D eigenvalue weighted by Crippen LogP contribution is 2.21. The van der Waals surface area contributed by atoms with Crippen LogP contribution in [0, 0.1) is 13.8 Å². The number of nitrogens with zero attached hydrogens (tertiary/aromatic N) is 1. The molecule has 0 fully saturated rings. The second kappa shape index (κ2) is 5.09. The zero-order chi connectivity index (χ0) is 15.0. The average Bonchev–Trinajstić information content (AvgIpc) is 2.92. The quantitative estimate of drug-likeness (QED) is 0.754. The lowest BCUT2D eigenvalue weighted by atomic mass is 10.1. The van der Waals surface area contributed by atoms with Crippen molar-refractivity contribution in [2.75, 3.05) is 11.9 Å². The van der Waals surface area contributed by atoms with Crippen LogP contribution in [0.15, 0.2) is 48.7 Å². The minimum Gasteiger partial charge on any atom is -0.361 e. The van der Waals surface area contributed by atoms with Crippen molar-refractivity contribution in [3.05, 3.63) is 65.4 Å². The minimum atomic E-state index is -0.00324. The molecule has 21 heavy (non-hydrogen) atoms. The lowest BCUT2D eigenvalue weighted by molar-refractivity contribution is 0.0993. The normalized spacial score (nSPS) is 10.8. The maximum Gasteiger partial charge on any atom is 0.258 e. The number of aryl methyl sites for hydroxylation is 2. The predicted molar refractivity (Wildman–Crippen MR) is 86.9 cm³/mol. The maximum atomic E-state index is 12.6. The number of hydrogen-bond acceptors (Lipinski definition) is 1. The zero-order valence-electron chi connectivity index (χ0n) is 12.5. The Kier molecular flexibility index (Phi) is 3.26. The summed E-state index contributed by atoms with van der Waals surface area (Å²) in [7, 11) is 1.81. The monoisotopic (exact) mass is 278 g/mol. The van der Waals surface area contributed by atoms with Gasteiger partial charge in [0.25, 0.3) is 5.91 Å². The molecule has 3 aromatic rings. The lowest BCUT2D eigenvalue weighted by Crippen LogP contribution is -2.26. The molecule has 3 heteroatoms. The number of carbonyl (C=O) groups excluding carboxylic acids is 1. The third-order valence-electron chi connectivity index (χ3n) is 3.70. The molecule has 0 aliphatic rings. The number of benzene rings is 2. The van der Waals surface area contributed by atoms with Gasteiger partial charge in [0.15, 0.2) is 0 Å². The molecule has 0 unspecified atom stereocenters. The van der Waals surface area contributed by atoms with Crippen LogP contribution >= 0.6 is 0 Å². The molecule has 106 valence electrons. The molecular formula is C18H18N2O. The van der Waals surface area contributed by atoms with E-state index >= 15 is 0 Å². The second-order valence-corrected chi connectivity index (χ2v) is 5.49. The molecule has 1 aromatic heterocycles. The van der Waals surface area contributed by atoms with Gasteiger partial charge in [0.05, 0.1) is 0 Å². The topological polar surface area (TPSA) is 36.1 Å². The Morgan fingerprint density at radius 3 is 2.43 bits per heavy atom. The number of aromatic amines is 1. The summed E-state index contributed by atoms with van der Waals surface area (Å²) in [6.45, 7) is 4.08. The van der Waals surface area contributed by atoms with Crippen LogP contribution < -0.4 is 4.90 Å². The van der Waals surface area contributed by atoms with Crippen LogP contribution in [0.4, 0.5) is 5.69 Å². The average molecular weight is 278 g/mol. The molecule has 1 heterocycles. The van der Waals surface area contributed by atoms with E-state index in [9.17, 15) is 4.79 Å². The fourth-order valence-corrected chi connectivity index (χ4v) is 2.64. The van der Waals surface area contributed by atoms with E-state index in [-0.39, 0.29) is 5.91 Å². The number of anilines is 1. The van der Waals surface area contributed by atoms with Gasteiger partial charge in [-0.05, 0) is 60.7 Å². The molecule has 0 atom stereocenters. The molecule has 1 amide bonds. The highest BCUT2D eigenvalue weighted by Gasteiger charge is 2.14. The van der Waals surface area contributed by atoms with Crippen LogP contribution in [0.3, 0.4) is 0 Å². The highest BCUT2D eigenvalue weighted by atomic mass is 16.2. The van der Waals surface area contributed by atoms with Crippen molar-refractivity contribution in [3.63, 3.8) is 0 Å². The maximum absolute atomic E-state index is 12.6. The number of nitrogens with one attached hydrogen (secondary N) is 1. The Bertz CT molecular complexity index is 797. The SMILES string of the molecule is Cc1cc(C)cc(N(C)C(=O)c2ccc3cc[nH]c3c2)c1. The second-order valence-electron chi connectivity index (χ2n) is 5.49. The Labute approximate surface area is 124 Å². The number of amides is 1. The Morgan fingerprint density at radius 1 is 1.00 bits per heavy atom. The molecule has 0 aliphatic carbocycles. The van der Waals surface area contributed by atoms with Crippen molar-refractivity contribution in [3.8, 4) is 0 Å². The molecule has 0 radical (unpaired) electrons. The fraction of sp³-hybridized carbons (Fsp3) is 0.167. The molecular weight excluding hydrogens is 260 g/mol. The molecule has 0 saturated carbocycles. The van der Waals surface area contributed by atoms with Gasteiger partial charge >= 0.3 is 0 Å². The smallest absolute Gasteiger partial charge is 0.258 e. The van der Waals surface area contributed by atoms with Gasteiger partial charge in [-0.25, -0.2) is 0 Å². The van der Waals surface area contributed by atoms with Crippen molar-refractivity contribution in [1.82, 2.24) is 4.98 Å². The van der Waals surface area contributed by atoms with Crippen LogP contribution in [-0.4, -0.2) is 17.9 Å². The van der Waals surface area contributed by atoms with Crippen molar-refractivity contribution >= 4 is 22.5 Å². The summed E-state index contributed by atoms with van der Waals surface area (Å²) in [4.78, 5) is 17.5. The van der Waals surface area contributed by atoms with E-state index in [1.165, 1.54) is 0 Å². The summed E-state index contributed by atoms with van der Waals surface area (Å²) < 4.78 is 0. The van der Waals surface area contributed by atoms with E-state index in [0.29, 0.717) is 5.56 Å². The van der Waals surface area contributed by atoms with Gasteiger partial charge in [-0.1, -0.05) is 12.1 Å². The van der Waals surface area contributed by atoms with E-state index < -0.39 is 0 Å². The first-order chi connectivity index (χ1) is 10.0. The summed E-state index contributed by atoms with van der Waals surface area (Å²) in [6.07, 6.45) is 1.88. The number of H-pyrrole nitrogens is 1. The Morgan fingerprint density at radius 2 is 1.71 bits per heavy atom. The van der Waals surface area contributed by atoms with Gasteiger partial charge in [-0.3, -0.25) is 4.79 Å². The largest absolute Gasteiger partial charge is 0.361 e. The molecule has 0 aliphatic heterocycles. The highest BCUT2D eigenvalue weighted by molar-refractivity contribution is 6.07. The first-order valence-electron chi connectivity index (χ1n) is 6.98. The van der Waals surface area contributed by atoms with Crippen molar-refractivity contribution in [2.45, 2.75) is 13.8 Å². The fourth-order valence-electron chi connectivity index (χ4n) is 2.64. The first-order valence-corrected chi connectivity index (χ1v) is 6.98. The van der Waals surface area contributed by atoms with Gasteiger partial charge in [0.2, 0.25) is 0 Å². The standard InChI is InChI=1S/C18H18N2O/c1-12-8-13(2)10-16(9-12)20(3)18(21)15-5-4-14-6-7-19-17(14)11-15/h4-11,19H,1-3H3. The number of aromatic nitrogens is 1. The van der Waals surface area contributed by atoms with E-state index in [1.807, 2.05) is 63.5 Å². The van der Waals surface area contributed by atoms with Gasteiger partial charge < -0.3 is 9.88 Å². The lowest BCUT2D eigenvalue weighted by Gasteiger charge is -2.18. The van der Waals surface area contributed by atoms with Gasteiger partial charge in [-0.2, -0.15) is 0 Å². The summed E-state index contributed by atoms with van der Waals surface area (Å²) in [5.41, 5.74) is 4.90. The first kappa shape index (κ1) is 13.4. The van der Waals surface area contributed by atoms with Gasteiger partial charge in [0.1, 0.15) is 0 Å². The molecule has 3 rings (SSSR count). The van der Waals surface area contributed by atoms with E-state index in [2.05, 4.69) is 11.1 Å². The van der Waals surface area contributed by atoms with Crippen LogP contribution in [0.1, 0.15) is 21.5 Å². The predicted octanol–water partition coefficient (Wildman–Crippen LogP) is 4.06. The van der Waals surface area contributed by atoms with E-state index in [1.54, 1.807) is 4.90 Å². The Balaban J connectivity index is 1.96. The van der Waals surface area contributed by atoms with Crippen LogP contribution in [-0.2, 0) is 0 Å². The zero-order valence-corrected chi connectivity index (χ0v) is 12.5. The summed E-state index contributed by atoms with van der Waals surface area (Å²) in [5, 5.41) is 1.11. The van der Waals surface area contributed by atoms with Crippen molar-refractivity contribution < 1.29 is 4.79 Å². The summed E-state index contributed by atoms with van der Waals surface area (Å²) >= 11 is 0. The van der Waals surface area contributed by atoms with Crippen LogP contribution in [0.5, 0.6) is 0 Å². The van der Waals surface area contributed by atoms with Crippen molar-refractivity contribution in [2.24, 2.45) is 0 Å². The number of fused-ring (bicyclic) bond motifs is 1. The van der Waals surface area contributed by atoms with Gasteiger partial charge in [0, 0.05) is 30.0 Å². The van der Waals surface area contributed by atoms with Crippen molar-refractivity contribution in [1.29, 1.82) is 0 Å². The van der Waals surface area contributed by atoms with E-state index in [4.69, 9.17) is 0 Å². The minimum absolute atomic E-state index is 0.00324. The van der Waals surface area contributed by atoms with Gasteiger partial charge in [-0.15, -0.1) is 0 Å². The van der Waals surface area contributed by atoms with Crippen LogP contribution in [0.25, 0.3) is 10.9 Å². The van der Waals surface area contributed by atoms with Crippen LogP contribution in [0.2, 0.25) is 0 Å². The third-order valence-corrected chi connectivity index (χ3v) is 3.70.